The number of halogens is 4. The second kappa shape index (κ2) is 13.7. The molecule has 3 fully saturated rings. The molecule has 3 aliphatic rings. The first-order valence-corrected chi connectivity index (χ1v) is 18.9. The van der Waals surface area contributed by atoms with Gasteiger partial charge in [-0.25, -0.2) is 27.5 Å². The van der Waals surface area contributed by atoms with Crippen LogP contribution in [0.15, 0.2) is 77.1 Å². The molecular weight excluding hydrogens is 757 g/mol. The molecule has 0 saturated heterocycles. The Morgan fingerprint density at radius 3 is 2.28 bits per heavy atom. The number of aldehydes is 1. The number of carbonyl (C=O) groups excluding carboxylic acids is 2. The minimum absolute atomic E-state index is 0.0392. The van der Waals surface area contributed by atoms with Gasteiger partial charge in [-0.05, 0) is 67.3 Å². The number of anilines is 2. The van der Waals surface area contributed by atoms with Crippen molar-refractivity contribution in [2.24, 2.45) is 30.2 Å². The van der Waals surface area contributed by atoms with E-state index in [4.69, 9.17) is 0 Å². The predicted octanol–water partition coefficient (Wildman–Crippen LogP) is 6.03. The number of pyridine rings is 6. The number of fused-ring (bicyclic) bond motifs is 2. The molecule has 3 saturated carbocycles. The molecule has 9 rings (SSSR count). The summed E-state index contributed by atoms with van der Waals surface area (Å²) in [6.07, 6.45) is 8.95. The molecule has 5 atom stereocenters. The topological polar surface area (TPSA) is 154 Å². The molecule has 12 nitrogen and oxygen atoms in total. The number of hydrogen-bond donors (Lipinski definition) is 2. The van der Waals surface area contributed by atoms with Gasteiger partial charge in [0.15, 0.2) is 0 Å². The second-order valence-corrected chi connectivity index (χ2v) is 15.8. The Morgan fingerprint density at radius 1 is 0.897 bits per heavy atom. The third kappa shape index (κ3) is 6.49. The second-order valence-electron chi connectivity index (χ2n) is 15.8. The molecule has 58 heavy (non-hydrogen) atoms. The number of amides is 1. The number of rotatable bonds is 12. The van der Waals surface area contributed by atoms with Gasteiger partial charge in [0.05, 0.1) is 23.1 Å². The van der Waals surface area contributed by atoms with E-state index in [1.165, 1.54) is 17.0 Å². The largest absolute Gasteiger partial charge is 0.369 e. The van der Waals surface area contributed by atoms with Gasteiger partial charge in [0, 0.05) is 103 Å². The van der Waals surface area contributed by atoms with Crippen molar-refractivity contribution in [3.63, 3.8) is 0 Å². The molecule has 6 heterocycles. The fraction of sp³-hybridized carbons (Fsp3) is 0.333. The van der Waals surface area contributed by atoms with Crippen LogP contribution in [0.5, 0.6) is 0 Å². The zero-order valence-corrected chi connectivity index (χ0v) is 31.3. The van der Waals surface area contributed by atoms with Gasteiger partial charge in [-0.15, -0.1) is 0 Å². The summed E-state index contributed by atoms with van der Waals surface area (Å²) in [7, 11) is 1.61. The maximum Gasteiger partial charge on any atom is 0.263 e. The minimum atomic E-state index is -3.07. The van der Waals surface area contributed by atoms with Crippen molar-refractivity contribution in [1.82, 2.24) is 29.1 Å². The Balaban J connectivity index is 0.994. The lowest BCUT2D eigenvalue weighted by Gasteiger charge is -2.16. The Kier molecular flexibility index (Phi) is 8.78. The number of nitrogens with zero attached hydrogens (tertiary/aromatic N) is 6. The average Bonchev–Trinajstić information content (AvgIpc) is 4.17. The van der Waals surface area contributed by atoms with Crippen LogP contribution in [0.1, 0.15) is 30.4 Å². The third-order valence-corrected chi connectivity index (χ3v) is 12.0. The first kappa shape index (κ1) is 37.3. The van der Waals surface area contributed by atoms with Crippen molar-refractivity contribution in [3.05, 3.63) is 105 Å². The van der Waals surface area contributed by atoms with Crippen LogP contribution in [0.2, 0.25) is 0 Å². The van der Waals surface area contributed by atoms with Crippen molar-refractivity contribution < 1.29 is 27.2 Å². The Labute approximate surface area is 327 Å². The Hall–Kier alpha value is -6.32. The number of alkyl halides is 3. The summed E-state index contributed by atoms with van der Waals surface area (Å²) in [5, 5.41) is 6.70. The Morgan fingerprint density at radius 2 is 1.57 bits per heavy atom. The molecular formula is C42H36F4N8O4. The van der Waals surface area contributed by atoms with E-state index in [1.54, 1.807) is 61.4 Å². The van der Waals surface area contributed by atoms with Gasteiger partial charge in [0.25, 0.3) is 17.0 Å². The van der Waals surface area contributed by atoms with Crippen LogP contribution < -0.4 is 21.8 Å². The fourth-order valence-corrected chi connectivity index (χ4v) is 7.90. The molecule has 296 valence electrons. The average molecular weight is 793 g/mol. The van der Waals surface area contributed by atoms with E-state index in [-0.39, 0.29) is 65.0 Å². The maximum atomic E-state index is 14.6. The van der Waals surface area contributed by atoms with E-state index in [0.717, 1.165) is 18.2 Å². The van der Waals surface area contributed by atoms with Gasteiger partial charge in [0.1, 0.15) is 35.3 Å². The maximum absolute atomic E-state index is 14.6. The number of aromatic nitrogens is 6. The summed E-state index contributed by atoms with van der Waals surface area (Å²) >= 11 is 0. The number of aryl methyl sites for hydroxylation is 1. The van der Waals surface area contributed by atoms with Crippen molar-refractivity contribution >= 4 is 45.6 Å². The van der Waals surface area contributed by atoms with Crippen LogP contribution in [0, 0.1) is 35.9 Å². The van der Waals surface area contributed by atoms with Crippen molar-refractivity contribution in [2.45, 2.75) is 51.2 Å². The van der Waals surface area contributed by atoms with Gasteiger partial charge in [-0.3, -0.25) is 24.4 Å². The highest BCUT2D eigenvalue weighted by Crippen LogP contribution is 2.59. The van der Waals surface area contributed by atoms with Crippen LogP contribution in [0.25, 0.3) is 44.1 Å². The lowest BCUT2D eigenvalue weighted by molar-refractivity contribution is -0.117. The summed E-state index contributed by atoms with van der Waals surface area (Å²) < 4.78 is 59.0. The van der Waals surface area contributed by atoms with E-state index in [1.807, 2.05) is 6.07 Å². The highest BCUT2D eigenvalue weighted by Gasteiger charge is 2.71. The summed E-state index contributed by atoms with van der Waals surface area (Å²) in [4.78, 5) is 69.1. The lowest BCUT2D eigenvalue weighted by Crippen LogP contribution is -2.24. The SMILES string of the molecule is Cc1c(F)cncc1-c1cc2cnc(NC(=O)[C@H]3C[C@@H]3F)cc2n(CC2CC2Cc2ccncc2-c2cc3cnc(NCC4(C=O)CC4(F)F)cc3n(C)c2=O)c1=O. The van der Waals surface area contributed by atoms with E-state index < -0.39 is 41.6 Å². The zero-order valence-electron chi connectivity index (χ0n) is 31.3. The van der Waals surface area contributed by atoms with Crippen molar-refractivity contribution in [2.75, 3.05) is 17.2 Å². The first-order chi connectivity index (χ1) is 27.8. The first-order valence-electron chi connectivity index (χ1n) is 18.9. The van der Waals surface area contributed by atoms with E-state index in [9.17, 15) is 36.7 Å². The van der Waals surface area contributed by atoms with Crippen molar-refractivity contribution in [3.8, 4) is 22.3 Å². The van der Waals surface area contributed by atoms with E-state index >= 15 is 0 Å². The standard InChI is InChI=1S/C42H36F4N8O4/c1-21-30(14-48-16-33(21)44)27-8-25-13-50-37(52-38(56)29-9-32(29)43)11-35(25)54(40(27)58)17-26-6-23(26)5-22-3-4-47-15-31(22)28-7-24-12-49-36(10-34(24)53(2)39(28)57)51-19-41(20-55)18-42(41,45)46/h3-4,7-8,10-16,20,23,26,29,32H,5-6,9,17-19H2,1-2H3,(H,49,51)(H,50,52,56)/t23?,26?,29-,32-,41?/m0/s1. The monoisotopic (exact) mass is 792 g/mol. The summed E-state index contributed by atoms with van der Waals surface area (Å²) in [6, 6.07) is 8.41. The lowest BCUT2D eigenvalue weighted by atomic mass is 9.97. The molecule has 3 unspecified atom stereocenters. The summed E-state index contributed by atoms with van der Waals surface area (Å²) in [5.74, 6) is -4.22. The van der Waals surface area contributed by atoms with Gasteiger partial charge in [-0.2, -0.15) is 0 Å². The molecule has 0 aliphatic heterocycles. The van der Waals surface area contributed by atoms with Crippen LogP contribution in [0.3, 0.4) is 0 Å². The number of nitrogens with one attached hydrogen (secondary N) is 2. The summed E-state index contributed by atoms with van der Waals surface area (Å²) in [6.45, 7) is 1.60. The smallest absolute Gasteiger partial charge is 0.263 e. The number of hydrogen-bond acceptors (Lipinski definition) is 9. The Bertz CT molecular complexity index is 2830. The van der Waals surface area contributed by atoms with Crippen LogP contribution in [-0.4, -0.2) is 59.9 Å². The minimum Gasteiger partial charge on any atom is -0.369 e. The van der Waals surface area contributed by atoms with Crippen LogP contribution >= 0.6 is 0 Å². The van der Waals surface area contributed by atoms with Crippen LogP contribution in [-0.2, 0) is 29.6 Å². The predicted molar refractivity (Wildman–Crippen MR) is 208 cm³/mol. The van der Waals surface area contributed by atoms with E-state index in [0.29, 0.717) is 51.5 Å². The van der Waals surface area contributed by atoms with Crippen LogP contribution in [0.4, 0.5) is 29.2 Å². The molecule has 3 aliphatic carbocycles. The highest BCUT2D eigenvalue weighted by atomic mass is 19.3. The molecule has 2 N–H and O–H groups in total. The molecule has 16 heteroatoms. The molecule has 6 aromatic rings. The molecule has 6 aromatic heterocycles. The zero-order chi connectivity index (χ0) is 40.7. The van der Waals surface area contributed by atoms with E-state index in [2.05, 4.69) is 30.6 Å². The van der Waals surface area contributed by atoms with Gasteiger partial charge >= 0.3 is 0 Å². The molecule has 0 aromatic carbocycles. The van der Waals surface area contributed by atoms with Gasteiger partial charge < -0.3 is 24.6 Å². The highest BCUT2D eigenvalue weighted by molar-refractivity contribution is 5.96. The molecule has 1 amide bonds. The molecule has 0 radical (unpaired) electrons. The van der Waals surface area contributed by atoms with Gasteiger partial charge in [0.2, 0.25) is 5.91 Å². The fourth-order valence-electron chi connectivity index (χ4n) is 7.90. The molecule has 0 bridgehead atoms. The third-order valence-electron chi connectivity index (χ3n) is 12.0. The van der Waals surface area contributed by atoms with Gasteiger partial charge in [-0.1, -0.05) is 0 Å². The van der Waals surface area contributed by atoms with Crippen molar-refractivity contribution in [1.29, 1.82) is 0 Å². The quantitative estimate of drug-likeness (QED) is 0.112. The molecule has 0 spiro atoms. The number of carbonyl (C=O) groups is 2. The normalized spacial score (nSPS) is 22.8. The summed E-state index contributed by atoms with van der Waals surface area (Å²) in [5.41, 5.74) is 1.38.